The number of aromatic nitrogens is 5. The van der Waals surface area contributed by atoms with Crippen LogP contribution in [0.15, 0.2) is 29.1 Å². The van der Waals surface area contributed by atoms with Crippen LogP contribution in [0.25, 0.3) is 10.9 Å². The highest BCUT2D eigenvalue weighted by molar-refractivity contribution is 7.15. The van der Waals surface area contributed by atoms with E-state index < -0.39 is 0 Å². The maximum absolute atomic E-state index is 12.3. The van der Waals surface area contributed by atoms with Gasteiger partial charge in [-0.1, -0.05) is 28.7 Å². The van der Waals surface area contributed by atoms with Gasteiger partial charge in [0.1, 0.15) is 16.6 Å². The van der Waals surface area contributed by atoms with Crippen molar-refractivity contribution in [3.05, 3.63) is 39.6 Å². The van der Waals surface area contributed by atoms with E-state index >= 15 is 0 Å². The Kier molecular flexibility index (Phi) is 4.67. The summed E-state index contributed by atoms with van der Waals surface area (Å²) < 4.78 is 6.75. The maximum atomic E-state index is 12.3. The molecule has 1 aromatic carbocycles. The van der Waals surface area contributed by atoms with E-state index in [9.17, 15) is 9.59 Å². The van der Waals surface area contributed by atoms with Gasteiger partial charge < -0.3 is 10.1 Å². The first kappa shape index (κ1) is 16.7. The van der Waals surface area contributed by atoms with E-state index in [4.69, 9.17) is 4.74 Å². The number of nitrogens with one attached hydrogen (secondary N) is 1. The van der Waals surface area contributed by atoms with Crippen LogP contribution in [-0.2, 0) is 16.1 Å². The van der Waals surface area contributed by atoms with Gasteiger partial charge in [-0.2, -0.15) is 0 Å². The molecule has 26 heavy (non-hydrogen) atoms. The van der Waals surface area contributed by atoms with Gasteiger partial charge in [-0.25, -0.2) is 4.68 Å². The lowest BCUT2D eigenvalue weighted by atomic mass is 10.2. The zero-order valence-electron chi connectivity index (χ0n) is 13.8. The zero-order chi connectivity index (χ0) is 17.9. The molecule has 1 aliphatic heterocycles. The molecule has 1 aliphatic rings. The number of carbonyl (C=O) groups excluding carboxylic acids is 1. The first-order valence-electron chi connectivity index (χ1n) is 8.28. The molecule has 3 heterocycles. The first-order valence-corrected chi connectivity index (χ1v) is 9.10. The summed E-state index contributed by atoms with van der Waals surface area (Å²) in [6.07, 6.45) is 1.99. The van der Waals surface area contributed by atoms with E-state index in [2.05, 4.69) is 25.8 Å². The molecular weight excluding hydrogens is 356 g/mol. The minimum atomic E-state index is -0.264. The second-order valence-corrected chi connectivity index (χ2v) is 6.89. The molecule has 134 valence electrons. The second kappa shape index (κ2) is 7.26. The molecule has 3 aromatic rings. The van der Waals surface area contributed by atoms with E-state index in [1.54, 1.807) is 24.3 Å². The average Bonchev–Trinajstić information content (AvgIpc) is 3.33. The number of nitrogens with zero attached hydrogens (tertiary/aromatic N) is 5. The van der Waals surface area contributed by atoms with Crippen LogP contribution in [0.5, 0.6) is 0 Å². The summed E-state index contributed by atoms with van der Waals surface area (Å²) in [5.41, 5.74) is 0.272. The topological polar surface area (TPSA) is 112 Å². The lowest BCUT2D eigenvalue weighted by molar-refractivity contribution is -0.116. The summed E-state index contributed by atoms with van der Waals surface area (Å²) in [5.74, 6) is -0.262. The van der Waals surface area contributed by atoms with Crippen molar-refractivity contribution in [2.75, 3.05) is 11.9 Å². The van der Waals surface area contributed by atoms with E-state index in [-0.39, 0.29) is 30.5 Å². The largest absolute Gasteiger partial charge is 0.371 e. The molecule has 0 bridgehead atoms. The molecule has 0 radical (unpaired) electrons. The van der Waals surface area contributed by atoms with Crippen molar-refractivity contribution in [3.63, 3.8) is 0 Å². The van der Waals surface area contributed by atoms with Crippen molar-refractivity contribution >= 4 is 33.3 Å². The Balaban J connectivity index is 1.38. The Labute approximate surface area is 152 Å². The summed E-state index contributed by atoms with van der Waals surface area (Å²) in [6.45, 7) is 0.868. The fourth-order valence-electron chi connectivity index (χ4n) is 2.75. The van der Waals surface area contributed by atoms with Gasteiger partial charge in [-0.3, -0.25) is 9.59 Å². The molecular formula is C16H16N6O3S. The number of rotatable bonds is 5. The van der Waals surface area contributed by atoms with Gasteiger partial charge in [0.05, 0.1) is 11.9 Å². The molecule has 4 rings (SSSR count). The van der Waals surface area contributed by atoms with Gasteiger partial charge >= 0.3 is 0 Å². The van der Waals surface area contributed by atoms with Gasteiger partial charge in [-0.15, -0.1) is 15.3 Å². The number of amides is 1. The number of benzene rings is 1. The highest BCUT2D eigenvalue weighted by Crippen LogP contribution is 2.31. The normalized spacial score (nSPS) is 16.8. The molecule has 0 aliphatic carbocycles. The number of hydrogen-bond acceptors (Lipinski definition) is 8. The molecule has 0 saturated carbocycles. The minimum Gasteiger partial charge on any atom is -0.371 e. The van der Waals surface area contributed by atoms with E-state index in [0.717, 1.165) is 24.5 Å². The summed E-state index contributed by atoms with van der Waals surface area (Å²) in [5, 5.41) is 20.3. The SMILES string of the molecule is O=C(CCn1nnc2ccccc2c1=O)Nc1nnc([C@H]2CCCO2)s1. The van der Waals surface area contributed by atoms with E-state index in [0.29, 0.717) is 16.0 Å². The second-order valence-electron chi connectivity index (χ2n) is 5.88. The third-order valence-corrected chi connectivity index (χ3v) is 5.00. The van der Waals surface area contributed by atoms with Crippen LogP contribution in [0.2, 0.25) is 0 Å². The Hall–Kier alpha value is -2.72. The molecule has 1 N–H and O–H groups in total. The van der Waals surface area contributed by atoms with Gasteiger partial charge in [0.2, 0.25) is 11.0 Å². The van der Waals surface area contributed by atoms with Gasteiger partial charge in [-0.05, 0) is 25.0 Å². The van der Waals surface area contributed by atoms with Crippen LogP contribution < -0.4 is 10.9 Å². The van der Waals surface area contributed by atoms with Crippen molar-refractivity contribution in [1.29, 1.82) is 0 Å². The van der Waals surface area contributed by atoms with Gasteiger partial charge in [0.25, 0.3) is 5.56 Å². The van der Waals surface area contributed by atoms with E-state index in [1.165, 1.54) is 16.0 Å². The van der Waals surface area contributed by atoms with Gasteiger partial charge in [0, 0.05) is 13.0 Å². The number of ether oxygens (including phenoxy) is 1. The Morgan fingerprint density at radius 3 is 3.04 bits per heavy atom. The third kappa shape index (κ3) is 3.46. The molecule has 0 unspecified atom stereocenters. The molecule has 10 heteroatoms. The van der Waals surface area contributed by atoms with Crippen LogP contribution in [0.1, 0.15) is 30.4 Å². The van der Waals surface area contributed by atoms with Crippen LogP contribution in [0, 0.1) is 0 Å². The fraction of sp³-hybridized carbons (Fsp3) is 0.375. The summed E-state index contributed by atoms with van der Waals surface area (Å²) in [6, 6.07) is 6.98. The Morgan fingerprint density at radius 2 is 2.19 bits per heavy atom. The molecule has 2 aromatic heterocycles. The van der Waals surface area contributed by atoms with Crippen molar-refractivity contribution in [2.45, 2.75) is 31.9 Å². The van der Waals surface area contributed by atoms with Gasteiger partial charge in [0.15, 0.2) is 0 Å². The van der Waals surface area contributed by atoms with Crippen LogP contribution >= 0.6 is 11.3 Å². The smallest absolute Gasteiger partial charge is 0.277 e. The maximum Gasteiger partial charge on any atom is 0.277 e. The van der Waals surface area contributed by atoms with Crippen molar-refractivity contribution in [3.8, 4) is 0 Å². The fourth-order valence-corrected chi connectivity index (χ4v) is 3.59. The quantitative estimate of drug-likeness (QED) is 0.722. The van der Waals surface area contributed by atoms with Crippen LogP contribution in [0.3, 0.4) is 0 Å². The molecule has 9 nitrogen and oxygen atoms in total. The lowest BCUT2D eigenvalue weighted by Crippen LogP contribution is -2.26. The number of hydrogen-bond donors (Lipinski definition) is 1. The number of fused-ring (bicyclic) bond motifs is 1. The number of anilines is 1. The number of aryl methyl sites for hydroxylation is 1. The first-order chi connectivity index (χ1) is 12.7. The third-order valence-electron chi connectivity index (χ3n) is 4.07. The molecule has 1 amide bonds. The average molecular weight is 372 g/mol. The Morgan fingerprint density at radius 1 is 1.31 bits per heavy atom. The molecule has 1 fully saturated rings. The molecule has 0 spiro atoms. The highest BCUT2D eigenvalue weighted by atomic mass is 32.1. The number of carbonyl (C=O) groups is 1. The predicted molar refractivity (Wildman–Crippen MR) is 94.9 cm³/mol. The van der Waals surface area contributed by atoms with Crippen molar-refractivity contribution in [2.24, 2.45) is 0 Å². The summed E-state index contributed by atoms with van der Waals surface area (Å²) >= 11 is 1.31. The molecule has 1 saturated heterocycles. The standard InChI is InChI=1S/C16H16N6O3S/c23-13(17-16-20-19-14(26-16)12-6-3-9-25-12)7-8-22-15(24)10-4-1-2-5-11(10)18-21-22/h1-2,4-5,12H,3,6-9H2,(H,17,20,23)/t12-/m1/s1. The van der Waals surface area contributed by atoms with E-state index in [1.807, 2.05) is 0 Å². The van der Waals surface area contributed by atoms with Crippen molar-refractivity contribution < 1.29 is 9.53 Å². The lowest BCUT2D eigenvalue weighted by Gasteiger charge is -2.05. The van der Waals surface area contributed by atoms with Crippen molar-refractivity contribution in [1.82, 2.24) is 25.2 Å². The van der Waals surface area contributed by atoms with Crippen LogP contribution in [-0.4, -0.2) is 37.7 Å². The summed E-state index contributed by atoms with van der Waals surface area (Å²) in [4.78, 5) is 24.5. The minimum absolute atomic E-state index is 0.0235. The monoisotopic (exact) mass is 372 g/mol. The zero-order valence-corrected chi connectivity index (χ0v) is 14.6. The summed E-state index contributed by atoms with van der Waals surface area (Å²) in [7, 11) is 0. The van der Waals surface area contributed by atoms with Crippen LogP contribution in [0.4, 0.5) is 5.13 Å². The molecule has 1 atom stereocenters. The highest BCUT2D eigenvalue weighted by Gasteiger charge is 2.22. The Bertz CT molecular complexity index is 995. The predicted octanol–water partition coefficient (Wildman–Crippen LogP) is 1.52.